The van der Waals surface area contributed by atoms with Crippen LogP contribution in [0.2, 0.25) is 0 Å². The highest BCUT2D eigenvalue weighted by Gasteiger charge is 2.31. The molecule has 16 heavy (non-hydrogen) atoms. The summed E-state index contributed by atoms with van der Waals surface area (Å²) in [6.45, 7) is 6.77. The van der Waals surface area contributed by atoms with E-state index < -0.39 is 17.3 Å². The number of hydrogen-bond acceptors (Lipinski definition) is 4. The summed E-state index contributed by atoms with van der Waals surface area (Å²) >= 11 is 0. The fraction of sp³-hybridized carbons (Fsp3) is 0.909. The number of hydrogen-bond donors (Lipinski definition) is 2. The third-order valence-electron chi connectivity index (χ3n) is 2.34. The van der Waals surface area contributed by atoms with E-state index in [4.69, 9.17) is 9.47 Å². The zero-order valence-electron chi connectivity index (χ0n) is 10.2. The lowest BCUT2D eigenvalue weighted by Crippen LogP contribution is -2.37. The molecule has 0 spiro atoms. The lowest BCUT2D eigenvalue weighted by Gasteiger charge is -2.22. The lowest BCUT2D eigenvalue weighted by atomic mass is 9.99. The van der Waals surface area contributed by atoms with Crippen LogP contribution in [-0.4, -0.2) is 42.2 Å². The Kier molecular flexibility index (Phi) is 4.15. The number of nitrogens with one attached hydrogen (secondary N) is 1. The molecule has 0 aromatic rings. The van der Waals surface area contributed by atoms with Gasteiger partial charge in [-0.1, -0.05) is 0 Å². The zero-order chi connectivity index (χ0) is 12.2. The van der Waals surface area contributed by atoms with E-state index in [1.54, 1.807) is 0 Å². The van der Waals surface area contributed by atoms with Gasteiger partial charge in [-0.05, 0) is 27.2 Å². The molecule has 1 fully saturated rings. The van der Waals surface area contributed by atoms with Crippen LogP contribution < -0.4 is 5.32 Å². The minimum Gasteiger partial charge on any atom is -0.444 e. The molecular formula is C11H21NO4. The minimum absolute atomic E-state index is 0.350. The molecule has 1 rings (SSSR count). The topological polar surface area (TPSA) is 67.8 Å². The molecule has 1 aliphatic rings. The SMILES string of the molecule is CC(C)(C)OC(=O)NCCC1(O)CCOC1. The summed E-state index contributed by atoms with van der Waals surface area (Å²) in [6, 6.07) is 0. The normalized spacial score (nSPS) is 25.5. The molecule has 0 radical (unpaired) electrons. The Hall–Kier alpha value is -0.810. The van der Waals surface area contributed by atoms with Gasteiger partial charge in [-0.25, -0.2) is 4.79 Å². The highest BCUT2D eigenvalue weighted by atomic mass is 16.6. The Balaban J connectivity index is 2.18. The number of ether oxygens (including phenoxy) is 2. The minimum atomic E-state index is -0.783. The maximum absolute atomic E-state index is 11.3. The highest BCUT2D eigenvalue weighted by molar-refractivity contribution is 5.67. The third kappa shape index (κ3) is 4.81. The lowest BCUT2D eigenvalue weighted by molar-refractivity contribution is 0.0174. The van der Waals surface area contributed by atoms with Crippen molar-refractivity contribution in [3.8, 4) is 0 Å². The highest BCUT2D eigenvalue weighted by Crippen LogP contribution is 2.21. The molecule has 5 nitrogen and oxygen atoms in total. The summed E-state index contributed by atoms with van der Waals surface area (Å²) in [6.07, 6.45) is 0.671. The monoisotopic (exact) mass is 231 g/mol. The zero-order valence-corrected chi connectivity index (χ0v) is 10.2. The second kappa shape index (κ2) is 5.01. The van der Waals surface area contributed by atoms with E-state index in [-0.39, 0.29) is 0 Å². The van der Waals surface area contributed by atoms with Gasteiger partial charge in [0.05, 0.1) is 12.2 Å². The second-order valence-electron chi connectivity index (χ2n) is 5.21. The molecule has 5 heteroatoms. The predicted molar refractivity (Wildman–Crippen MR) is 59.2 cm³/mol. The molecular weight excluding hydrogens is 210 g/mol. The van der Waals surface area contributed by atoms with Gasteiger partial charge in [-0.15, -0.1) is 0 Å². The number of aliphatic hydroxyl groups is 1. The van der Waals surface area contributed by atoms with Crippen LogP contribution in [0, 0.1) is 0 Å². The van der Waals surface area contributed by atoms with Gasteiger partial charge in [-0.3, -0.25) is 0 Å². The first-order valence-electron chi connectivity index (χ1n) is 5.58. The third-order valence-corrected chi connectivity index (χ3v) is 2.34. The van der Waals surface area contributed by atoms with Gasteiger partial charge in [0.25, 0.3) is 0 Å². The number of carbonyl (C=O) groups excluding carboxylic acids is 1. The van der Waals surface area contributed by atoms with Crippen LogP contribution in [0.3, 0.4) is 0 Å². The van der Waals surface area contributed by atoms with Crippen LogP contribution in [0.25, 0.3) is 0 Å². The summed E-state index contributed by atoms with van der Waals surface area (Å²) in [5, 5.41) is 12.5. The average Bonchev–Trinajstić information content (AvgIpc) is 2.49. The van der Waals surface area contributed by atoms with Gasteiger partial charge in [0.2, 0.25) is 0 Å². The summed E-state index contributed by atoms with van der Waals surface area (Å²) in [5.74, 6) is 0. The maximum atomic E-state index is 11.3. The van der Waals surface area contributed by atoms with Crippen molar-refractivity contribution in [3.05, 3.63) is 0 Å². The van der Waals surface area contributed by atoms with Crippen LogP contribution in [0.1, 0.15) is 33.6 Å². The van der Waals surface area contributed by atoms with E-state index in [1.807, 2.05) is 20.8 Å². The maximum Gasteiger partial charge on any atom is 0.407 e. The van der Waals surface area contributed by atoms with E-state index in [0.717, 1.165) is 0 Å². The largest absolute Gasteiger partial charge is 0.444 e. The van der Waals surface area contributed by atoms with Crippen LogP contribution in [-0.2, 0) is 9.47 Å². The van der Waals surface area contributed by atoms with Crippen LogP contribution in [0.4, 0.5) is 4.79 Å². The van der Waals surface area contributed by atoms with E-state index in [0.29, 0.717) is 32.6 Å². The summed E-state index contributed by atoms with van der Waals surface area (Å²) in [7, 11) is 0. The standard InChI is InChI=1S/C11H21NO4/c1-10(2,3)16-9(13)12-6-4-11(14)5-7-15-8-11/h14H,4-8H2,1-3H3,(H,12,13). The van der Waals surface area contributed by atoms with Crippen molar-refractivity contribution in [2.75, 3.05) is 19.8 Å². The molecule has 0 saturated carbocycles. The van der Waals surface area contributed by atoms with Crippen molar-refractivity contribution in [1.29, 1.82) is 0 Å². The van der Waals surface area contributed by atoms with Gasteiger partial charge in [0.15, 0.2) is 0 Å². The molecule has 0 aromatic carbocycles. The Morgan fingerprint density at radius 1 is 1.56 bits per heavy atom. The molecule has 94 valence electrons. The van der Waals surface area contributed by atoms with Gasteiger partial charge < -0.3 is 19.9 Å². The predicted octanol–water partition coefficient (Wildman–Crippen LogP) is 1.05. The van der Waals surface area contributed by atoms with E-state index in [9.17, 15) is 9.90 Å². The summed E-state index contributed by atoms with van der Waals surface area (Å²) in [5.41, 5.74) is -1.27. The molecule has 0 aliphatic carbocycles. The van der Waals surface area contributed by atoms with E-state index in [1.165, 1.54) is 0 Å². The van der Waals surface area contributed by atoms with Gasteiger partial charge >= 0.3 is 6.09 Å². The Morgan fingerprint density at radius 2 is 2.25 bits per heavy atom. The Morgan fingerprint density at radius 3 is 2.75 bits per heavy atom. The molecule has 1 saturated heterocycles. The quantitative estimate of drug-likeness (QED) is 0.762. The van der Waals surface area contributed by atoms with Gasteiger partial charge in [0, 0.05) is 19.6 Å². The van der Waals surface area contributed by atoms with Crippen molar-refractivity contribution in [2.45, 2.75) is 44.8 Å². The smallest absolute Gasteiger partial charge is 0.407 e. The molecule has 1 atom stereocenters. The fourth-order valence-electron chi connectivity index (χ4n) is 1.51. The van der Waals surface area contributed by atoms with Crippen molar-refractivity contribution in [1.82, 2.24) is 5.32 Å². The number of alkyl carbamates (subject to hydrolysis) is 1. The molecule has 1 heterocycles. The first-order chi connectivity index (χ1) is 7.31. The number of rotatable bonds is 3. The summed E-state index contributed by atoms with van der Waals surface area (Å²) < 4.78 is 10.2. The van der Waals surface area contributed by atoms with Crippen LogP contribution in [0.15, 0.2) is 0 Å². The van der Waals surface area contributed by atoms with E-state index in [2.05, 4.69) is 5.32 Å². The molecule has 1 unspecified atom stereocenters. The first kappa shape index (κ1) is 13.3. The van der Waals surface area contributed by atoms with Gasteiger partial charge in [-0.2, -0.15) is 0 Å². The van der Waals surface area contributed by atoms with Crippen molar-refractivity contribution in [3.63, 3.8) is 0 Å². The van der Waals surface area contributed by atoms with Crippen LogP contribution in [0.5, 0.6) is 0 Å². The number of amides is 1. The molecule has 0 bridgehead atoms. The van der Waals surface area contributed by atoms with Gasteiger partial charge in [0.1, 0.15) is 5.60 Å². The molecule has 1 aliphatic heterocycles. The summed E-state index contributed by atoms with van der Waals surface area (Å²) in [4.78, 5) is 11.3. The number of carbonyl (C=O) groups is 1. The van der Waals surface area contributed by atoms with Crippen molar-refractivity contribution >= 4 is 6.09 Å². The Bertz CT molecular complexity index is 241. The molecule has 1 amide bonds. The van der Waals surface area contributed by atoms with E-state index >= 15 is 0 Å². The van der Waals surface area contributed by atoms with Crippen LogP contribution >= 0.6 is 0 Å². The fourth-order valence-corrected chi connectivity index (χ4v) is 1.51. The van der Waals surface area contributed by atoms with Crippen molar-refractivity contribution in [2.24, 2.45) is 0 Å². The van der Waals surface area contributed by atoms with Crippen molar-refractivity contribution < 1.29 is 19.4 Å². The first-order valence-corrected chi connectivity index (χ1v) is 5.58. The average molecular weight is 231 g/mol. The molecule has 0 aromatic heterocycles. The Labute approximate surface area is 96.1 Å². The second-order valence-corrected chi connectivity index (χ2v) is 5.21. The molecule has 2 N–H and O–H groups in total.